The molecule has 1 aliphatic carbocycles. The van der Waals surface area contributed by atoms with Crippen LogP contribution in [-0.4, -0.2) is 30.7 Å². The van der Waals surface area contributed by atoms with E-state index in [1.54, 1.807) is 4.90 Å². The number of hydrogen-bond acceptors (Lipinski definition) is 2. The maximum absolute atomic E-state index is 10.9. The Hall–Kier alpha value is -0.730. The predicted molar refractivity (Wildman–Crippen MR) is 40.2 cm³/mol. The van der Waals surface area contributed by atoms with Crippen molar-refractivity contribution in [3.63, 3.8) is 0 Å². The summed E-state index contributed by atoms with van der Waals surface area (Å²) in [5.41, 5.74) is 0. The molecular formula is C8H13NO2. The summed E-state index contributed by atoms with van der Waals surface area (Å²) >= 11 is 0. The molecule has 0 N–H and O–H groups in total. The molecule has 0 aromatic rings. The third-order valence-electron chi connectivity index (χ3n) is 2.54. The lowest BCUT2D eigenvalue weighted by Crippen LogP contribution is -2.29. The minimum absolute atomic E-state index is 0.157. The van der Waals surface area contributed by atoms with E-state index in [9.17, 15) is 4.79 Å². The van der Waals surface area contributed by atoms with Crippen molar-refractivity contribution in [1.29, 1.82) is 0 Å². The average Bonchev–Trinajstić information content (AvgIpc) is 2.74. The number of likely N-dealkylation sites (N-methyl/N-ethyl adjacent to an activating group) is 1. The van der Waals surface area contributed by atoms with Crippen LogP contribution in [0.5, 0.6) is 0 Å². The number of ether oxygens (including phenoxy) is 1. The molecule has 0 unspecified atom stereocenters. The van der Waals surface area contributed by atoms with Crippen molar-refractivity contribution in [1.82, 2.24) is 4.90 Å². The Balaban J connectivity index is 1.88. The fourth-order valence-electron chi connectivity index (χ4n) is 1.49. The lowest BCUT2D eigenvalue weighted by Gasteiger charge is -2.14. The molecule has 1 aliphatic heterocycles. The lowest BCUT2D eigenvalue weighted by molar-refractivity contribution is 0.163. The second kappa shape index (κ2) is 2.40. The standard InChI is InChI=1S/C8H13NO2/c1-9-7(4-6-2-3-6)5-11-8(9)10/h6-7H,2-5H2,1H3/t7-/m0/s1. The third kappa shape index (κ3) is 1.32. The zero-order valence-corrected chi connectivity index (χ0v) is 6.75. The Morgan fingerprint density at radius 1 is 1.64 bits per heavy atom. The highest BCUT2D eigenvalue weighted by Gasteiger charge is 2.34. The molecule has 1 saturated heterocycles. The van der Waals surface area contributed by atoms with Gasteiger partial charge in [-0.25, -0.2) is 4.79 Å². The summed E-state index contributed by atoms with van der Waals surface area (Å²) in [6, 6.07) is 0.356. The summed E-state index contributed by atoms with van der Waals surface area (Å²) < 4.78 is 4.89. The Morgan fingerprint density at radius 2 is 2.36 bits per heavy atom. The van der Waals surface area contributed by atoms with Crippen LogP contribution < -0.4 is 0 Å². The van der Waals surface area contributed by atoms with Gasteiger partial charge in [0.25, 0.3) is 0 Å². The van der Waals surface area contributed by atoms with Crippen molar-refractivity contribution in [3.8, 4) is 0 Å². The summed E-state index contributed by atoms with van der Waals surface area (Å²) in [6.07, 6.45) is 3.68. The molecular weight excluding hydrogens is 142 g/mol. The van der Waals surface area contributed by atoms with Crippen molar-refractivity contribution in [3.05, 3.63) is 0 Å². The average molecular weight is 155 g/mol. The van der Waals surface area contributed by atoms with Crippen molar-refractivity contribution in [2.45, 2.75) is 25.3 Å². The number of amides is 1. The second-order valence-corrected chi connectivity index (χ2v) is 3.52. The number of carbonyl (C=O) groups is 1. The molecule has 0 aromatic carbocycles. The number of rotatable bonds is 2. The molecule has 1 amide bonds. The van der Waals surface area contributed by atoms with Gasteiger partial charge in [-0.3, -0.25) is 0 Å². The number of hydrogen-bond donors (Lipinski definition) is 0. The van der Waals surface area contributed by atoms with Gasteiger partial charge >= 0.3 is 6.09 Å². The van der Waals surface area contributed by atoms with E-state index in [4.69, 9.17) is 4.74 Å². The highest BCUT2D eigenvalue weighted by Crippen LogP contribution is 2.35. The molecule has 3 nitrogen and oxygen atoms in total. The minimum Gasteiger partial charge on any atom is -0.447 e. The molecule has 1 heterocycles. The van der Waals surface area contributed by atoms with Crippen LogP contribution in [0.1, 0.15) is 19.3 Å². The van der Waals surface area contributed by atoms with Crippen LogP contribution in [0.3, 0.4) is 0 Å². The van der Waals surface area contributed by atoms with Crippen molar-refractivity contribution < 1.29 is 9.53 Å². The van der Waals surface area contributed by atoms with Gasteiger partial charge in [-0.1, -0.05) is 12.8 Å². The summed E-state index contributed by atoms with van der Waals surface area (Å²) in [5.74, 6) is 0.872. The minimum atomic E-state index is -0.157. The second-order valence-electron chi connectivity index (χ2n) is 3.52. The molecule has 2 aliphatic rings. The van der Waals surface area contributed by atoms with E-state index >= 15 is 0 Å². The van der Waals surface area contributed by atoms with Crippen molar-refractivity contribution in [2.24, 2.45) is 5.92 Å². The number of cyclic esters (lactones) is 1. The molecule has 1 saturated carbocycles. The van der Waals surface area contributed by atoms with Crippen LogP contribution in [0.2, 0.25) is 0 Å². The van der Waals surface area contributed by atoms with E-state index in [0.717, 1.165) is 12.3 Å². The Labute approximate surface area is 66.3 Å². The van der Waals surface area contributed by atoms with Gasteiger partial charge in [0, 0.05) is 7.05 Å². The Morgan fingerprint density at radius 3 is 2.82 bits per heavy atom. The van der Waals surface area contributed by atoms with Crippen LogP contribution in [0.25, 0.3) is 0 Å². The fourth-order valence-corrected chi connectivity index (χ4v) is 1.49. The quantitative estimate of drug-likeness (QED) is 0.600. The van der Waals surface area contributed by atoms with Gasteiger partial charge in [-0.2, -0.15) is 0 Å². The van der Waals surface area contributed by atoms with Gasteiger partial charge < -0.3 is 9.64 Å². The van der Waals surface area contributed by atoms with E-state index in [1.165, 1.54) is 12.8 Å². The zero-order valence-electron chi connectivity index (χ0n) is 6.75. The zero-order chi connectivity index (χ0) is 7.84. The van der Waals surface area contributed by atoms with Gasteiger partial charge in [-0.15, -0.1) is 0 Å². The van der Waals surface area contributed by atoms with E-state index in [1.807, 2.05) is 7.05 Å². The van der Waals surface area contributed by atoms with E-state index in [2.05, 4.69) is 0 Å². The first-order valence-electron chi connectivity index (χ1n) is 4.17. The van der Waals surface area contributed by atoms with Gasteiger partial charge in [0.15, 0.2) is 0 Å². The maximum atomic E-state index is 10.9. The number of nitrogens with zero attached hydrogens (tertiary/aromatic N) is 1. The smallest absolute Gasteiger partial charge is 0.409 e. The monoisotopic (exact) mass is 155 g/mol. The topological polar surface area (TPSA) is 29.5 Å². The highest BCUT2D eigenvalue weighted by atomic mass is 16.6. The van der Waals surface area contributed by atoms with E-state index in [-0.39, 0.29) is 6.09 Å². The van der Waals surface area contributed by atoms with Crippen LogP contribution in [0.15, 0.2) is 0 Å². The molecule has 11 heavy (non-hydrogen) atoms. The van der Waals surface area contributed by atoms with Crippen LogP contribution in [0, 0.1) is 5.92 Å². The molecule has 2 rings (SSSR count). The normalized spacial score (nSPS) is 30.8. The molecule has 2 fully saturated rings. The van der Waals surface area contributed by atoms with Gasteiger partial charge in [-0.05, 0) is 12.3 Å². The highest BCUT2D eigenvalue weighted by molar-refractivity contribution is 5.69. The molecule has 0 radical (unpaired) electrons. The van der Waals surface area contributed by atoms with Crippen LogP contribution in [-0.2, 0) is 4.74 Å². The molecule has 0 aromatic heterocycles. The third-order valence-corrected chi connectivity index (χ3v) is 2.54. The summed E-state index contributed by atoms with van der Waals surface area (Å²) in [7, 11) is 1.82. The Kier molecular flexibility index (Phi) is 1.51. The van der Waals surface area contributed by atoms with Crippen molar-refractivity contribution >= 4 is 6.09 Å². The maximum Gasteiger partial charge on any atom is 0.409 e. The molecule has 3 heteroatoms. The molecule has 1 atom stereocenters. The van der Waals surface area contributed by atoms with Crippen LogP contribution in [0.4, 0.5) is 4.79 Å². The predicted octanol–water partition coefficient (Wildman–Crippen LogP) is 1.24. The van der Waals surface area contributed by atoms with Gasteiger partial charge in [0.05, 0.1) is 6.04 Å². The largest absolute Gasteiger partial charge is 0.447 e. The summed E-state index contributed by atoms with van der Waals surface area (Å²) in [5, 5.41) is 0. The van der Waals surface area contributed by atoms with Crippen LogP contribution >= 0.6 is 0 Å². The number of carbonyl (C=O) groups excluding carboxylic acids is 1. The van der Waals surface area contributed by atoms with E-state index < -0.39 is 0 Å². The molecule has 0 spiro atoms. The lowest BCUT2D eigenvalue weighted by atomic mass is 10.1. The first-order valence-corrected chi connectivity index (χ1v) is 4.17. The van der Waals surface area contributed by atoms with E-state index in [0.29, 0.717) is 12.6 Å². The molecule has 62 valence electrons. The van der Waals surface area contributed by atoms with Gasteiger partial charge in [0.2, 0.25) is 0 Å². The Bertz CT molecular complexity index is 177. The SMILES string of the molecule is CN1C(=O)OC[C@@H]1CC1CC1. The fraction of sp³-hybridized carbons (Fsp3) is 0.875. The first-order chi connectivity index (χ1) is 5.27. The summed E-state index contributed by atoms with van der Waals surface area (Å²) in [6.45, 7) is 0.603. The van der Waals surface area contributed by atoms with Gasteiger partial charge in [0.1, 0.15) is 6.61 Å². The summed E-state index contributed by atoms with van der Waals surface area (Å²) in [4.78, 5) is 12.6. The first kappa shape index (κ1) is 6.95. The van der Waals surface area contributed by atoms with Crippen molar-refractivity contribution in [2.75, 3.05) is 13.7 Å². The molecule has 0 bridgehead atoms.